The molecule has 3 N–H and O–H groups in total. The summed E-state index contributed by atoms with van der Waals surface area (Å²) >= 11 is 1.29. The monoisotopic (exact) mass is 287 g/mol. The summed E-state index contributed by atoms with van der Waals surface area (Å²) in [5, 5.41) is 10.4. The van der Waals surface area contributed by atoms with Gasteiger partial charge < -0.3 is 10.8 Å². The van der Waals surface area contributed by atoms with E-state index in [1.807, 2.05) is 12.1 Å². The van der Waals surface area contributed by atoms with Gasteiger partial charge in [-0.15, -0.1) is 0 Å². The highest BCUT2D eigenvalue weighted by molar-refractivity contribution is 7.21. The lowest BCUT2D eigenvalue weighted by Gasteiger charge is -2.17. The van der Waals surface area contributed by atoms with E-state index in [-0.39, 0.29) is 0 Å². The first-order chi connectivity index (χ1) is 9.43. The number of aromatic nitrogens is 4. The van der Waals surface area contributed by atoms with E-state index in [0.29, 0.717) is 27.0 Å². The molecule has 0 fully saturated rings. The van der Waals surface area contributed by atoms with Gasteiger partial charge in [0.1, 0.15) is 5.69 Å². The fraction of sp³-hybridized carbons (Fsp3) is 0.231. The molecule has 0 saturated carbocycles. The van der Waals surface area contributed by atoms with Crippen molar-refractivity contribution in [2.45, 2.75) is 19.4 Å². The molecule has 7 heteroatoms. The lowest BCUT2D eigenvalue weighted by molar-refractivity contribution is 0.0782. The molecule has 0 bridgehead atoms. The zero-order chi connectivity index (χ0) is 14.3. The minimum Gasteiger partial charge on any atom is -0.386 e. The number of thiazole rings is 1. The van der Waals surface area contributed by atoms with Crippen LogP contribution < -0.4 is 5.73 Å². The summed E-state index contributed by atoms with van der Waals surface area (Å²) in [7, 11) is 0. The molecular formula is C13H13N5OS. The molecule has 3 aromatic rings. The topological polar surface area (TPSA) is 97.8 Å². The number of hydrogen-bond donors (Lipinski definition) is 2. The average Bonchev–Trinajstić information content (AvgIpc) is 2.77. The van der Waals surface area contributed by atoms with Crippen LogP contribution in [0.1, 0.15) is 19.4 Å². The molecule has 3 rings (SSSR count). The molecular weight excluding hydrogens is 274 g/mol. The minimum atomic E-state index is -0.909. The van der Waals surface area contributed by atoms with Gasteiger partial charge in [0, 0.05) is 11.8 Å². The van der Waals surface area contributed by atoms with Crippen LogP contribution in [0.4, 0.5) is 5.13 Å². The maximum absolute atomic E-state index is 9.91. The van der Waals surface area contributed by atoms with Gasteiger partial charge in [0.25, 0.3) is 0 Å². The van der Waals surface area contributed by atoms with E-state index in [0.717, 1.165) is 5.56 Å². The highest BCUT2D eigenvalue weighted by Gasteiger charge is 2.16. The van der Waals surface area contributed by atoms with E-state index in [1.54, 1.807) is 26.2 Å². The van der Waals surface area contributed by atoms with E-state index < -0.39 is 5.60 Å². The van der Waals surface area contributed by atoms with Crippen molar-refractivity contribution in [2.75, 3.05) is 5.73 Å². The fourth-order valence-electron chi connectivity index (χ4n) is 1.77. The molecule has 3 aromatic heterocycles. The quantitative estimate of drug-likeness (QED) is 0.747. The number of hydrogen-bond acceptors (Lipinski definition) is 7. The number of anilines is 1. The smallest absolute Gasteiger partial charge is 0.191 e. The molecule has 20 heavy (non-hydrogen) atoms. The molecule has 0 unspecified atom stereocenters. The van der Waals surface area contributed by atoms with Crippen LogP contribution in [0.5, 0.6) is 0 Å². The third-order valence-electron chi connectivity index (χ3n) is 2.87. The Morgan fingerprint density at radius 2 is 1.90 bits per heavy atom. The summed E-state index contributed by atoms with van der Waals surface area (Å²) in [5.74, 6) is 0. The van der Waals surface area contributed by atoms with Crippen molar-refractivity contribution in [2.24, 2.45) is 0 Å². The van der Waals surface area contributed by atoms with Crippen LogP contribution in [0.25, 0.3) is 21.9 Å². The van der Waals surface area contributed by atoms with Gasteiger partial charge in [0.2, 0.25) is 0 Å². The van der Waals surface area contributed by atoms with Gasteiger partial charge in [-0.25, -0.2) is 9.97 Å². The van der Waals surface area contributed by atoms with Crippen molar-refractivity contribution in [3.63, 3.8) is 0 Å². The lowest BCUT2D eigenvalue weighted by Crippen LogP contribution is -2.15. The number of rotatable bonds is 2. The molecule has 0 saturated heterocycles. The summed E-state index contributed by atoms with van der Waals surface area (Å²) in [6.45, 7) is 3.44. The van der Waals surface area contributed by atoms with E-state index in [4.69, 9.17) is 5.73 Å². The highest BCUT2D eigenvalue weighted by Crippen LogP contribution is 2.24. The molecule has 6 nitrogen and oxygen atoms in total. The summed E-state index contributed by atoms with van der Waals surface area (Å²) < 4.78 is 0. The Hall–Kier alpha value is -2.12. The first-order valence-electron chi connectivity index (χ1n) is 6.02. The highest BCUT2D eigenvalue weighted by atomic mass is 32.1. The summed E-state index contributed by atoms with van der Waals surface area (Å²) in [5.41, 5.74) is 7.36. The normalized spacial score (nSPS) is 11.9. The number of nitrogen functional groups attached to an aromatic ring is 1. The van der Waals surface area contributed by atoms with Gasteiger partial charge in [-0.3, -0.25) is 4.98 Å². The van der Waals surface area contributed by atoms with Crippen molar-refractivity contribution in [3.05, 3.63) is 30.1 Å². The van der Waals surface area contributed by atoms with Crippen LogP contribution in [0, 0.1) is 0 Å². The second-order valence-corrected chi connectivity index (χ2v) is 5.94. The van der Waals surface area contributed by atoms with Gasteiger partial charge in [-0.1, -0.05) is 17.4 Å². The number of nitrogens with two attached hydrogens (primary N) is 1. The van der Waals surface area contributed by atoms with E-state index in [9.17, 15) is 5.11 Å². The molecule has 0 aromatic carbocycles. The Morgan fingerprint density at radius 1 is 1.10 bits per heavy atom. The molecule has 0 aliphatic heterocycles. The molecule has 0 aliphatic carbocycles. The van der Waals surface area contributed by atoms with Crippen LogP contribution in [-0.4, -0.2) is 25.0 Å². The first-order valence-corrected chi connectivity index (χ1v) is 6.83. The molecule has 102 valence electrons. The zero-order valence-corrected chi connectivity index (χ0v) is 11.8. The van der Waals surface area contributed by atoms with E-state index in [1.165, 1.54) is 11.3 Å². The lowest BCUT2D eigenvalue weighted by atomic mass is 10.0. The number of fused-ring (bicyclic) bond motifs is 1. The second kappa shape index (κ2) is 4.46. The zero-order valence-electron chi connectivity index (χ0n) is 11.0. The largest absolute Gasteiger partial charge is 0.386 e. The maximum Gasteiger partial charge on any atom is 0.191 e. The summed E-state index contributed by atoms with van der Waals surface area (Å²) in [6, 6.07) is 3.64. The second-order valence-electron chi connectivity index (χ2n) is 4.93. The Labute approximate surface area is 119 Å². The molecule has 0 spiro atoms. The third kappa shape index (κ3) is 2.33. The van der Waals surface area contributed by atoms with Crippen molar-refractivity contribution in [1.82, 2.24) is 19.9 Å². The summed E-state index contributed by atoms with van der Waals surface area (Å²) in [4.78, 5) is 17.7. The van der Waals surface area contributed by atoms with Crippen LogP contribution in [0.2, 0.25) is 0 Å². The average molecular weight is 287 g/mol. The molecule has 0 atom stereocenters. The number of nitrogens with zero attached hydrogens (tertiary/aromatic N) is 4. The molecule has 0 radical (unpaired) electrons. The van der Waals surface area contributed by atoms with Gasteiger partial charge in [-0.2, -0.15) is 4.98 Å². The Morgan fingerprint density at radius 3 is 2.55 bits per heavy atom. The van der Waals surface area contributed by atoms with Crippen molar-refractivity contribution in [3.8, 4) is 11.4 Å². The van der Waals surface area contributed by atoms with E-state index in [2.05, 4.69) is 19.9 Å². The van der Waals surface area contributed by atoms with Crippen LogP contribution in [-0.2, 0) is 5.60 Å². The predicted octanol–water partition coefficient (Wildman–Crippen LogP) is 1.96. The third-order valence-corrected chi connectivity index (χ3v) is 3.64. The van der Waals surface area contributed by atoms with Gasteiger partial charge >= 0.3 is 0 Å². The standard InChI is InChI=1S/C13H13N5OS/c1-13(2,19)7-3-4-8(15-5-7)9-6-16-10-11(17-9)20-12(14)18-10/h3-6,19H,1-2H3,(H2,14,16,18). The van der Waals surface area contributed by atoms with Crippen LogP contribution in [0.3, 0.4) is 0 Å². The Kier molecular flexibility index (Phi) is 2.88. The molecule has 3 heterocycles. The Balaban J connectivity index is 2.02. The first kappa shape index (κ1) is 12.9. The van der Waals surface area contributed by atoms with E-state index >= 15 is 0 Å². The maximum atomic E-state index is 9.91. The minimum absolute atomic E-state index is 0.447. The summed E-state index contributed by atoms with van der Waals surface area (Å²) in [6.07, 6.45) is 3.26. The van der Waals surface area contributed by atoms with Crippen molar-refractivity contribution >= 4 is 26.9 Å². The predicted molar refractivity (Wildman–Crippen MR) is 78.1 cm³/mol. The Bertz CT molecular complexity index is 761. The number of aliphatic hydroxyl groups is 1. The van der Waals surface area contributed by atoms with Crippen LogP contribution in [0.15, 0.2) is 24.5 Å². The van der Waals surface area contributed by atoms with Gasteiger partial charge in [0.15, 0.2) is 15.6 Å². The van der Waals surface area contributed by atoms with Gasteiger partial charge in [0.05, 0.1) is 17.5 Å². The van der Waals surface area contributed by atoms with Gasteiger partial charge in [-0.05, 0) is 19.9 Å². The van der Waals surface area contributed by atoms with Crippen molar-refractivity contribution in [1.29, 1.82) is 0 Å². The molecule has 0 amide bonds. The van der Waals surface area contributed by atoms with Crippen LogP contribution >= 0.6 is 11.3 Å². The van der Waals surface area contributed by atoms with Crippen molar-refractivity contribution < 1.29 is 5.11 Å². The fourth-order valence-corrected chi connectivity index (χ4v) is 2.43. The SMILES string of the molecule is CC(C)(O)c1ccc(-c2cnc3nc(N)sc3n2)nc1. The number of pyridine rings is 1. The molecule has 0 aliphatic rings.